The monoisotopic (exact) mass is 1350 g/mol. The van der Waals surface area contributed by atoms with Gasteiger partial charge in [-0.05, 0) is 81.0 Å². The van der Waals surface area contributed by atoms with Gasteiger partial charge in [-0.15, -0.1) is 0 Å². The summed E-state index contributed by atoms with van der Waals surface area (Å²) in [5.41, 5.74) is 0. The maximum Gasteiger partial charge on any atom is 0.329 e. The van der Waals surface area contributed by atoms with E-state index >= 15 is 0 Å². The molecular formula is C64H111N11O20. The number of esters is 1. The molecule has 1 aliphatic rings. The Balaban J connectivity index is 4.29. The van der Waals surface area contributed by atoms with Crippen LogP contribution in [-0.2, 0) is 71.9 Å². The summed E-state index contributed by atoms with van der Waals surface area (Å²) in [5.74, 6) is -19.2. The Morgan fingerprint density at radius 3 is 1.28 bits per heavy atom. The van der Waals surface area contributed by atoms with Gasteiger partial charge in [0.25, 0.3) is 0 Å². The summed E-state index contributed by atoms with van der Waals surface area (Å²) in [7, 11) is 0. The summed E-state index contributed by atoms with van der Waals surface area (Å²) in [6.07, 6.45) is -1.39. The molecule has 31 heteroatoms. The van der Waals surface area contributed by atoms with Crippen molar-refractivity contribution in [1.82, 2.24) is 58.5 Å². The lowest BCUT2D eigenvalue weighted by Gasteiger charge is -2.31. The number of amides is 11. The molecule has 14 unspecified atom stereocenters. The number of carbonyl (C=O) groups is 14. The largest absolute Gasteiger partial charge is 0.481 e. The average Bonchev–Trinajstić information content (AvgIpc) is 0.928. The van der Waals surface area contributed by atoms with Crippen LogP contribution in [0.3, 0.4) is 0 Å². The topological polar surface area (TPSA) is 482 Å². The van der Waals surface area contributed by atoms with Crippen molar-refractivity contribution >= 4 is 82.9 Å². The van der Waals surface area contributed by atoms with Crippen LogP contribution in [-0.4, -0.2) is 200 Å². The van der Waals surface area contributed by atoms with Gasteiger partial charge in [-0.25, -0.2) is 4.79 Å². The predicted molar refractivity (Wildman–Crippen MR) is 346 cm³/mol. The molecule has 0 aliphatic carbocycles. The number of aliphatic carboxylic acids is 2. The highest BCUT2D eigenvalue weighted by molar-refractivity contribution is 6.00. The minimum absolute atomic E-state index is 0.0411. The van der Waals surface area contributed by atoms with Gasteiger partial charge in [0.1, 0.15) is 72.6 Å². The zero-order valence-electron chi connectivity index (χ0n) is 57.9. The van der Waals surface area contributed by atoms with E-state index in [9.17, 15) is 92.7 Å². The van der Waals surface area contributed by atoms with Crippen molar-refractivity contribution in [1.29, 1.82) is 0 Å². The molecule has 14 atom stereocenters. The predicted octanol–water partition coefficient (Wildman–Crippen LogP) is -0.413. The molecule has 0 aromatic carbocycles. The number of hydrogen-bond acceptors (Lipinski definition) is 18. The SMILES string of the molecule is CCCCCCCC(O)CC(=O)NC(CC(C)C)C(=O)NC(CC(=O)O)C(=O)NC1C(=O)NC(CC(C)C)C(=O)NC(CC(C)C)C(=O)NC(CO)C(=O)NC(CC(C)C)C(=O)NC(CO)C(=O)NC(CC(C)C)C(=O)NC(C(C)CC)C(=O)NC(CC(=O)O)C(=O)OC1C. The van der Waals surface area contributed by atoms with Crippen LogP contribution in [0.4, 0.5) is 0 Å². The van der Waals surface area contributed by atoms with E-state index in [1.54, 1.807) is 76.2 Å². The molecule has 16 N–H and O–H groups in total. The Bertz CT molecular complexity index is 2570. The number of aliphatic hydroxyl groups excluding tert-OH is 3. The second-order valence-electron chi connectivity index (χ2n) is 26.9. The zero-order valence-corrected chi connectivity index (χ0v) is 57.9. The molecule has 1 rings (SSSR count). The van der Waals surface area contributed by atoms with E-state index in [0.717, 1.165) is 32.6 Å². The minimum Gasteiger partial charge on any atom is -0.481 e. The molecule has 1 aliphatic heterocycles. The van der Waals surface area contributed by atoms with Crippen molar-refractivity contribution in [2.75, 3.05) is 13.2 Å². The molecule has 31 nitrogen and oxygen atoms in total. The highest BCUT2D eigenvalue weighted by Crippen LogP contribution is 2.17. The van der Waals surface area contributed by atoms with Crippen LogP contribution in [0.15, 0.2) is 0 Å². The van der Waals surface area contributed by atoms with E-state index in [-0.39, 0.29) is 68.6 Å². The number of rotatable bonds is 31. The summed E-state index contributed by atoms with van der Waals surface area (Å²) < 4.78 is 5.68. The van der Waals surface area contributed by atoms with Crippen molar-refractivity contribution in [2.45, 2.75) is 272 Å². The minimum atomic E-state index is -2.20. The maximum absolute atomic E-state index is 14.9. The average molecular weight is 1350 g/mol. The highest BCUT2D eigenvalue weighted by atomic mass is 16.5. The second-order valence-corrected chi connectivity index (χ2v) is 26.9. The number of aliphatic hydroxyl groups is 3. The van der Waals surface area contributed by atoms with Gasteiger partial charge in [-0.1, -0.05) is 129 Å². The Kier molecular flexibility index (Phi) is 39.2. The fraction of sp³-hybridized carbons (Fsp3) is 0.781. The van der Waals surface area contributed by atoms with Gasteiger partial charge in [0.2, 0.25) is 65.0 Å². The number of unbranched alkanes of at least 4 members (excludes halogenated alkanes) is 4. The van der Waals surface area contributed by atoms with Crippen molar-refractivity contribution in [2.24, 2.45) is 35.5 Å². The first-order valence-corrected chi connectivity index (χ1v) is 33.2. The van der Waals surface area contributed by atoms with Crippen molar-refractivity contribution in [3.8, 4) is 0 Å². The molecule has 0 spiro atoms. The van der Waals surface area contributed by atoms with Crippen molar-refractivity contribution in [3.63, 3.8) is 0 Å². The number of nitrogens with one attached hydrogen (secondary N) is 11. The molecule has 0 radical (unpaired) electrons. The molecule has 1 heterocycles. The molecule has 1 saturated heterocycles. The Labute approximate surface area is 557 Å². The summed E-state index contributed by atoms with van der Waals surface area (Å²) in [6, 6.07) is -19.0. The number of hydrogen-bond donors (Lipinski definition) is 16. The number of carboxylic acid groups (broad SMARTS) is 2. The summed E-state index contributed by atoms with van der Waals surface area (Å²) in [5, 5.41) is 78.6. The number of cyclic esters (lactones) is 1. The third-order valence-corrected chi connectivity index (χ3v) is 15.5. The number of carbonyl (C=O) groups excluding carboxylic acids is 12. The smallest absolute Gasteiger partial charge is 0.329 e. The lowest BCUT2D eigenvalue weighted by atomic mass is 9.96. The molecule has 0 bridgehead atoms. The first-order chi connectivity index (χ1) is 44.4. The van der Waals surface area contributed by atoms with Crippen LogP contribution in [0.2, 0.25) is 0 Å². The normalized spacial score (nSPS) is 24.2. The van der Waals surface area contributed by atoms with E-state index in [4.69, 9.17) is 4.74 Å². The van der Waals surface area contributed by atoms with Gasteiger partial charge in [-0.2, -0.15) is 0 Å². The molecule has 95 heavy (non-hydrogen) atoms. The van der Waals surface area contributed by atoms with Gasteiger partial charge in [0.05, 0.1) is 38.6 Å². The quantitative estimate of drug-likeness (QED) is 0.0310. The maximum atomic E-state index is 14.9. The lowest BCUT2D eigenvalue weighted by molar-refractivity contribution is -0.158. The molecule has 11 amide bonds. The Hall–Kier alpha value is -7.54. The summed E-state index contributed by atoms with van der Waals surface area (Å²) in [4.78, 5) is 195. The van der Waals surface area contributed by atoms with E-state index in [2.05, 4.69) is 65.4 Å². The Morgan fingerprint density at radius 2 is 0.884 bits per heavy atom. The van der Waals surface area contributed by atoms with Crippen molar-refractivity contribution < 1.29 is 97.4 Å². The lowest BCUT2D eigenvalue weighted by Crippen LogP contribution is -2.63. The summed E-state index contributed by atoms with van der Waals surface area (Å²) in [6.45, 7) is 21.1. The third kappa shape index (κ3) is 32.6. The van der Waals surface area contributed by atoms with Crippen LogP contribution < -0.4 is 58.5 Å². The first-order valence-electron chi connectivity index (χ1n) is 33.2. The van der Waals surface area contributed by atoms with Gasteiger partial charge < -0.3 is 88.8 Å². The second kappa shape index (κ2) is 43.5. The molecular weight excluding hydrogens is 1240 g/mol. The van der Waals surface area contributed by atoms with E-state index in [1.807, 2.05) is 0 Å². The number of carboxylic acids is 2. The van der Waals surface area contributed by atoms with Crippen LogP contribution >= 0.6 is 0 Å². The van der Waals surface area contributed by atoms with Crippen LogP contribution in [0.5, 0.6) is 0 Å². The van der Waals surface area contributed by atoms with Gasteiger partial charge in [0, 0.05) is 0 Å². The van der Waals surface area contributed by atoms with Crippen LogP contribution in [0.25, 0.3) is 0 Å². The van der Waals surface area contributed by atoms with Gasteiger partial charge in [-0.3, -0.25) is 62.3 Å². The van der Waals surface area contributed by atoms with Gasteiger partial charge in [0.15, 0.2) is 0 Å². The Morgan fingerprint density at radius 1 is 0.474 bits per heavy atom. The molecule has 0 aromatic rings. The zero-order chi connectivity index (χ0) is 72.6. The first kappa shape index (κ1) is 85.5. The van der Waals surface area contributed by atoms with Gasteiger partial charge >= 0.3 is 17.9 Å². The highest BCUT2D eigenvalue weighted by Gasteiger charge is 2.41. The van der Waals surface area contributed by atoms with Crippen LogP contribution in [0.1, 0.15) is 193 Å². The molecule has 542 valence electrons. The third-order valence-electron chi connectivity index (χ3n) is 15.5. The molecule has 1 fully saturated rings. The standard InChI is InChI=1S/C64H111N11O20/c1-15-17-18-19-20-21-39(78)27-49(79)65-40(22-32(3)4)54(84)69-45(28-50(80)81)59(89)75-53-38(14)95-64(94)46(29-51(82)83)71-62(92)52(37(13)16-2)74-58(88)44(26-36(11)12)68-61(91)48(31-77)73-57(87)42(24-34(7)8)67-60(90)47(30-76)72-56(86)41(23-33(5)6)66-55(85)43(25-35(9)10)70-63(53)93/h32-48,52-53,76-78H,15-31H2,1-14H3,(H,65,79)(H,66,85)(H,67,90)(H,68,91)(H,69,84)(H,70,93)(H,71,92)(H,72,86)(H,73,87)(H,74,88)(H,75,89)(H,80,81)(H,82,83). The van der Waals surface area contributed by atoms with Crippen molar-refractivity contribution in [3.05, 3.63) is 0 Å². The summed E-state index contributed by atoms with van der Waals surface area (Å²) >= 11 is 0. The van der Waals surface area contributed by atoms with E-state index < -0.39 is 199 Å². The molecule has 0 saturated carbocycles. The van der Waals surface area contributed by atoms with E-state index in [1.165, 1.54) is 6.92 Å². The molecule has 0 aromatic heterocycles. The fourth-order valence-corrected chi connectivity index (χ4v) is 10.3. The van der Waals surface area contributed by atoms with E-state index in [0.29, 0.717) is 12.8 Å². The number of ether oxygens (including phenoxy) is 1. The van der Waals surface area contributed by atoms with Crippen LogP contribution in [0, 0.1) is 35.5 Å². The fourth-order valence-electron chi connectivity index (χ4n) is 10.3.